The van der Waals surface area contributed by atoms with E-state index in [-0.39, 0.29) is 5.91 Å². The molecule has 0 radical (unpaired) electrons. The molecule has 4 aromatic rings. The molecule has 3 heterocycles. The summed E-state index contributed by atoms with van der Waals surface area (Å²) in [6.07, 6.45) is 4.85. The molecule has 1 fully saturated rings. The summed E-state index contributed by atoms with van der Waals surface area (Å²) < 4.78 is 0. The van der Waals surface area contributed by atoms with Gasteiger partial charge in [0.2, 0.25) is 5.91 Å². The lowest BCUT2D eigenvalue weighted by Crippen LogP contribution is -2.48. The van der Waals surface area contributed by atoms with Gasteiger partial charge < -0.3 is 9.80 Å². The second kappa shape index (κ2) is 10.1. The monoisotopic (exact) mass is 450 g/mol. The molecule has 7 heteroatoms. The van der Waals surface area contributed by atoms with Crippen molar-refractivity contribution >= 4 is 33.4 Å². The second-order valence-corrected chi connectivity index (χ2v) is 8.00. The van der Waals surface area contributed by atoms with Gasteiger partial charge in [-0.15, -0.1) is 0 Å². The Morgan fingerprint density at radius 2 is 1.79 bits per heavy atom. The van der Waals surface area contributed by atoms with Crippen LogP contribution < -0.4 is 4.90 Å². The third kappa shape index (κ3) is 4.44. The summed E-state index contributed by atoms with van der Waals surface area (Å²) in [4.78, 5) is 29.7. The molecule has 34 heavy (non-hydrogen) atoms. The van der Waals surface area contributed by atoms with E-state index < -0.39 is 0 Å². The summed E-state index contributed by atoms with van der Waals surface area (Å²) in [5.74, 6) is 0.840. The number of pyridine rings is 1. The van der Waals surface area contributed by atoms with E-state index >= 15 is 0 Å². The third-order valence-corrected chi connectivity index (χ3v) is 5.95. The maximum Gasteiger partial charge on any atom is 0.246 e. The fourth-order valence-electron chi connectivity index (χ4n) is 4.35. The van der Waals surface area contributed by atoms with Crippen LogP contribution in [0.5, 0.6) is 0 Å². The smallest absolute Gasteiger partial charge is 0.246 e. The Morgan fingerprint density at radius 1 is 1.09 bits per heavy atom. The minimum atomic E-state index is -0.0242. The number of fused-ring (bicyclic) bond motifs is 2. The van der Waals surface area contributed by atoms with Gasteiger partial charge in [-0.3, -0.25) is 9.78 Å². The van der Waals surface area contributed by atoms with Crippen molar-refractivity contribution in [1.29, 1.82) is 5.26 Å². The zero-order valence-corrected chi connectivity index (χ0v) is 19.4. The number of amides is 1. The first-order chi connectivity index (χ1) is 16.6. The van der Waals surface area contributed by atoms with E-state index in [1.807, 2.05) is 17.2 Å². The van der Waals surface area contributed by atoms with E-state index in [0.717, 1.165) is 41.1 Å². The molecule has 1 amide bonds. The maximum absolute atomic E-state index is 11.9. The topological polar surface area (TPSA) is 86.0 Å². The first-order valence-corrected chi connectivity index (χ1v) is 11.1. The second-order valence-electron chi connectivity index (χ2n) is 8.00. The third-order valence-electron chi connectivity index (χ3n) is 5.95. The molecule has 0 spiro atoms. The number of piperazine rings is 1. The van der Waals surface area contributed by atoms with E-state index in [9.17, 15) is 4.79 Å². The van der Waals surface area contributed by atoms with Crippen molar-refractivity contribution in [3.63, 3.8) is 0 Å². The Morgan fingerprint density at radius 3 is 2.50 bits per heavy atom. The SMILES string of the molecule is C=CC(=O)N1CCN(c2ncnc3cc(-c4cccc5cccc(C)c45)ncc23)CC1.CC#N. The summed E-state index contributed by atoms with van der Waals surface area (Å²) in [5.41, 5.74) is 4.10. The number of nitriles is 1. The van der Waals surface area contributed by atoms with E-state index in [0.29, 0.717) is 13.1 Å². The first kappa shape index (κ1) is 22.9. The number of nitrogens with zero attached hydrogens (tertiary/aromatic N) is 6. The highest BCUT2D eigenvalue weighted by Crippen LogP contribution is 2.32. The molecule has 0 saturated carbocycles. The lowest BCUT2D eigenvalue weighted by molar-refractivity contribution is -0.126. The summed E-state index contributed by atoms with van der Waals surface area (Å²) in [6.45, 7) is 9.87. The van der Waals surface area contributed by atoms with Crippen molar-refractivity contribution in [2.45, 2.75) is 13.8 Å². The van der Waals surface area contributed by atoms with Gasteiger partial charge in [-0.05, 0) is 35.4 Å². The maximum atomic E-state index is 11.9. The van der Waals surface area contributed by atoms with Crippen molar-refractivity contribution in [1.82, 2.24) is 19.9 Å². The molecule has 0 atom stereocenters. The number of carbonyl (C=O) groups excluding carboxylic acids is 1. The quantitative estimate of drug-likeness (QED) is 0.427. The van der Waals surface area contributed by atoms with Gasteiger partial charge in [-0.2, -0.15) is 5.26 Å². The molecule has 1 aliphatic rings. The van der Waals surface area contributed by atoms with Crippen LogP contribution in [-0.4, -0.2) is 51.9 Å². The van der Waals surface area contributed by atoms with Crippen molar-refractivity contribution in [3.8, 4) is 17.3 Å². The molecule has 1 aliphatic heterocycles. The summed E-state index contributed by atoms with van der Waals surface area (Å²) in [6, 6.07) is 16.4. The lowest BCUT2D eigenvalue weighted by Gasteiger charge is -2.35. The Labute approximate surface area is 199 Å². The van der Waals surface area contributed by atoms with E-state index in [4.69, 9.17) is 10.2 Å². The van der Waals surface area contributed by atoms with Crippen molar-refractivity contribution in [2.75, 3.05) is 31.1 Å². The van der Waals surface area contributed by atoms with Crippen LogP contribution in [-0.2, 0) is 4.79 Å². The number of carbonyl (C=O) groups is 1. The predicted octanol–water partition coefficient (Wildman–Crippen LogP) is 4.52. The molecule has 0 unspecified atom stereocenters. The molecule has 2 aromatic heterocycles. The average molecular weight is 451 g/mol. The van der Waals surface area contributed by atoms with Gasteiger partial charge in [0.1, 0.15) is 12.1 Å². The number of aryl methyl sites for hydroxylation is 1. The van der Waals surface area contributed by atoms with Crippen LogP contribution in [0.4, 0.5) is 5.82 Å². The van der Waals surface area contributed by atoms with Crippen molar-refractivity contribution in [2.24, 2.45) is 0 Å². The van der Waals surface area contributed by atoms with Crippen LogP contribution >= 0.6 is 0 Å². The van der Waals surface area contributed by atoms with Gasteiger partial charge in [0.05, 0.1) is 22.7 Å². The fraction of sp³-hybridized carbons (Fsp3) is 0.222. The Bertz CT molecular complexity index is 1390. The standard InChI is InChI=1S/C25H23N5O.C2H3N/c1-3-23(31)29-10-12-30(13-11-29)25-20-15-26-21(14-22(20)27-16-28-25)19-9-5-8-18-7-4-6-17(2)24(18)19;1-2-3/h3-9,14-16H,1,10-13H2,2H3;1H3. The largest absolute Gasteiger partial charge is 0.352 e. The van der Waals surface area contributed by atoms with Gasteiger partial charge in [-0.25, -0.2) is 9.97 Å². The van der Waals surface area contributed by atoms with Crippen LogP contribution in [0, 0.1) is 18.3 Å². The highest BCUT2D eigenvalue weighted by Gasteiger charge is 2.22. The Kier molecular flexibility index (Phi) is 6.79. The molecule has 0 bridgehead atoms. The Balaban J connectivity index is 0.000000868. The minimum absolute atomic E-state index is 0.0242. The van der Waals surface area contributed by atoms with Crippen molar-refractivity contribution in [3.05, 3.63) is 73.2 Å². The highest BCUT2D eigenvalue weighted by molar-refractivity contribution is 6.00. The van der Waals surface area contributed by atoms with Crippen LogP contribution in [0.15, 0.2) is 67.6 Å². The van der Waals surface area contributed by atoms with Gasteiger partial charge in [0.25, 0.3) is 0 Å². The highest BCUT2D eigenvalue weighted by atomic mass is 16.2. The van der Waals surface area contributed by atoms with Crippen molar-refractivity contribution < 1.29 is 4.79 Å². The molecular weight excluding hydrogens is 424 g/mol. The van der Waals surface area contributed by atoms with Gasteiger partial charge in [0.15, 0.2) is 0 Å². The fourth-order valence-corrected chi connectivity index (χ4v) is 4.35. The van der Waals surface area contributed by atoms with E-state index in [1.165, 1.54) is 29.3 Å². The average Bonchev–Trinajstić information content (AvgIpc) is 2.88. The van der Waals surface area contributed by atoms with Crippen LogP contribution in [0.1, 0.15) is 12.5 Å². The first-order valence-electron chi connectivity index (χ1n) is 11.1. The number of anilines is 1. The van der Waals surface area contributed by atoms with Crippen LogP contribution in [0.2, 0.25) is 0 Å². The van der Waals surface area contributed by atoms with Gasteiger partial charge in [0, 0.05) is 44.9 Å². The number of hydrogen-bond donors (Lipinski definition) is 0. The molecule has 0 aliphatic carbocycles. The lowest BCUT2D eigenvalue weighted by atomic mass is 9.97. The summed E-state index contributed by atoms with van der Waals surface area (Å²) >= 11 is 0. The molecule has 0 N–H and O–H groups in total. The zero-order valence-electron chi connectivity index (χ0n) is 19.4. The molecule has 5 rings (SSSR count). The number of aromatic nitrogens is 3. The van der Waals surface area contributed by atoms with Gasteiger partial charge in [-0.1, -0.05) is 43.0 Å². The van der Waals surface area contributed by atoms with Crippen LogP contribution in [0.25, 0.3) is 32.9 Å². The normalized spacial score (nSPS) is 13.2. The minimum Gasteiger partial charge on any atom is -0.352 e. The number of rotatable bonds is 3. The Hall–Kier alpha value is -4.31. The molecule has 170 valence electrons. The summed E-state index contributed by atoms with van der Waals surface area (Å²) in [5, 5.41) is 10.7. The molecule has 1 saturated heterocycles. The van der Waals surface area contributed by atoms with Crippen LogP contribution in [0.3, 0.4) is 0 Å². The predicted molar refractivity (Wildman–Crippen MR) is 135 cm³/mol. The number of benzene rings is 2. The molecule has 7 nitrogen and oxygen atoms in total. The number of hydrogen-bond acceptors (Lipinski definition) is 6. The molecule has 2 aromatic carbocycles. The van der Waals surface area contributed by atoms with E-state index in [1.54, 1.807) is 12.4 Å². The summed E-state index contributed by atoms with van der Waals surface area (Å²) in [7, 11) is 0. The van der Waals surface area contributed by atoms with E-state index in [2.05, 4.69) is 64.8 Å². The van der Waals surface area contributed by atoms with Gasteiger partial charge >= 0.3 is 0 Å². The molecular formula is C27H26N6O. The zero-order chi connectivity index (χ0) is 24.1.